The first kappa shape index (κ1) is 10.4. The summed E-state index contributed by atoms with van der Waals surface area (Å²) in [5, 5.41) is 0. The van der Waals surface area contributed by atoms with Gasteiger partial charge in [0.1, 0.15) is 12.2 Å². The van der Waals surface area contributed by atoms with Gasteiger partial charge in [-0.15, -0.1) is 0 Å². The van der Waals surface area contributed by atoms with E-state index < -0.39 is 0 Å². The van der Waals surface area contributed by atoms with E-state index in [-0.39, 0.29) is 12.2 Å². The second-order valence-corrected chi connectivity index (χ2v) is 3.84. The number of ether oxygens (including phenoxy) is 4. The Balaban J connectivity index is 1.36. The Morgan fingerprint density at radius 2 is 2.07 bits per heavy atom. The van der Waals surface area contributed by atoms with E-state index in [9.17, 15) is 0 Å². The third-order valence-electron chi connectivity index (χ3n) is 2.52. The van der Waals surface area contributed by atoms with Crippen molar-refractivity contribution in [3.63, 3.8) is 0 Å². The quantitative estimate of drug-likeness (QED) is 0.427. The predicted octanol–water partition coefficient (Wildman–Crippen LogP) is 0.596. The molecule has 2 aliphatic rings. The minimum atomic E-state index is 0.270. The molecule has 4 nitrogen and oxygen atoms in total. The van der Waals surface area contributed by atoms with Crippen LogP contribution >= 0.6 is 0 Å². The van der Waals surface area contributed by atoms with Crippen molar-refractivity contribution in [3.8, 4) is 0 Å². The lowest BCUT2D eigenvalue weighted by Crippen LogP contribution is -2.09. The molecule has 82 valence electrons. The second kappa shape index (κ2) is 5.07. The normalized spacial score (nSPS) is 34.5. The molecule has 0 N–H and O–H groups in total. The molecule has 0 bridgehead atoms. The molecule has 4 heteroatoms. The first-order valence-corrected chi connectivity index (χ1v) is 5.24. The molecule has 0 aliphatic carbocycles. The van der Waals surface area contributed by atoms with Crippen LogP contribution in [0.3, 0.4) is 0 Å². The van der Waals surface area contributed by atoms with Crippen LogP contribution in [0, 0.1) is 0 Å². The third kappa shape index (κ3) is 3.53. The molecule has 0 aromatic carbocycles. The predicted molar refractivity (Wildman–Crippen MR) is 50.3 cm³/mol. The van der Waals surface area contributed by atoms with Crippen molar-refractivity contribution in [3.05, 3.63) is 0 Å². The van der Waals surface area contributed by atoms with Gasteiger partial charge in [-0.1, -0.05) is 0 Å². The lowest BCUT2D eigenvalue weighted by Gasteiger charge is -2.00. The maximum Gasteiger partial charge on any atom is 0.110 e. The molecular weight excluding hydrogens is 184 g/mol. The van der Waals surface area contributed by atoms with Gasteiger partial charge in [0.15, 0.2) is 0 Å². The highest BCUT2D eigenvalue weighted by Crippen LogP contribution is 2.22. The molecule has 0 amide bonds. The van der Waals surface area contributed by atoms with Crippen molar-refractivity contribution in [2.24, 2.45) is 0 Å². The largest absolute Gasteiger partial charge is 0.382 e. The van der Waals surface area contributed by atoms with E-state index in [0.29, 0.717) is 19.3 Å². The van der Waals surface area contributed by atoms with Crippen LogP contribution in [0.5, 0.6) is 0 Å². The standard InChI is InChI=1S/C10H18O4/c1-11-6-9-10(14-9)7-12-4-2-3-8-5-13-8/h8-10H,2-7H2,1H3. The molecule has 2 rings (SSSR count). The number of hydrogen-bond donors (Lipinski definition) is 0. The highest BCUT2D eigenvalue weighted by atomic mass is 16.6. The van der Waals surface area contributed by atoms with Crippen molar-refractivity contribution < 1.29 is 18.9 Å². The van der Waals surface area contributed by atoms with E-state index in [4.69, 9.17) is 18.9 Å². The van der Waals surface area contributed by atoms with Crippen LogP contribution in [0.2, 0.25) is 0 Å². The van der Waals surface area contributed by atoms with Crippen LogP contribution in [0.1, 0.15) is 12.8 Å². The van der Waals surface area contributed by atoms with Gasteiger partial charge < -0.3 is 18.9 Å². The van der Waals surface area contributed by atoms with Gasteiger partial charge in [0.05, 0.1) is 25.9 Å². The second-order valence-electron chi connectivity index (χ2n) is 3.84. The summed E-state index contributed by atoms with van der Waals surface area (Å²) in [4.78, 5) is 0. The first-order valence-electron chi connectivity index (χ1n) is 5.24. The molecule has 0 aromatic heterocycles. The average molecular weight is 202 g/mol. The van der Waals surface area contributed by atoms with Crippen LogP contribution in [0.25, 0.3) is 0 Å². The molecule has 3 unspecified atom stereocenters. The van der Waals surface area contributed by atoms with Gasteiger partial charge in [-0.05, 0) is 12.8 Å². The Bertz CT molecular complexity index is 170. The van der Waals surface area contributed by atoms with E-state index >= 15 is 0 Å². The Kier molecular flexibility index (Phi) is 3.75. The minimum Gasteiger partial charge on any atom is -0.382 e. The van der Waals surface area contributed by atoms with Crippen LogP contribution in [0.15, 0.2) is 0 Å². The highest BCUT2D eigenvalue weighted by molar-refractivity contribution is 4.84. The lowest BCUT2D eigenvalue weighted by molar-refractivity contribution is 0.112. The molecule has 14 heavy (non-hydrogen) atoms. The molecule has 2 heterocycles. The monoisotopic (exact) mass is 202 g/mol. The fraction of sp³-hybridized carbons (Fsp3) is 1.00. The summed E-state index contributed by atoms with van der Waals surface area (Å²) in [5.74, 6) is 0. The number of rotatable bonds is 8. The van der Waals surface area contributed by atoms with E-state index in [2.05, 4.69) is 0 Å². The number of hydrogen-bond acceptors (Lipinski definition) is 4. The Labute approximate surface area is 84.5 Å². The van der Waals surface area contributed by atoms with Crippen molar-refractivity contribution in [2.45, 2.75) is 31.2 Å². The molecular formula is C10H18O4. The maximum atomic E-state index is 5.48. The SMILES string of the molecule is COCC1OC1COCCCC1CO1. The molecule has 2 aliphatic heterocycles. The van der Waals surface area contributed by atoms with Crippen LogP contribution in [-0.2, 0) is 18.9 Å². The van der Waals surface area contributed by atoms with Crippen LogP contribution in [0.4, 0.5) is 0 Å². The van der Waals surface area contributed by atoms with E-state index in [1.807, 2.05) is 0 Å². The van der Waals surface area contributed by atoms with Gasteiger partial charge in [-0.3, -0.25) is 0 Å². The third-order valence-corrected chi connectivity index (χ3v) is 2.52. The van der Waals surface area contributed by atoms with Crippen LogP contribution < -0.4 is 0 Å². The topological polar surface area (TPSA) is 43.5 Å². The van der Waals surface area contributed by atoms with Gasteiger partial charge in [-0.25, -0.2) is 0 Å². The fourth-order valence-corrected chi connectivity index (χ4v) is 1.48. The number of epoxide rings is 2. The molecule has 2 saturated heterocycles. The highest BCUT2D eigenvalue weighted by Gasteiger charge is 2.38. The van der Waals surface area contributed by atoms with E-state index in [0.717, 1.165) is 26.1 Å². The van der Waals surface area contributed by atoms with Gasteiger partial charge in [0.25, 0.3) is 0 Å². The summed E-state index contributed by atoms with van der Waals surface area (Å²) in [6, 6.07) is 0. The fourth-order valence-electron chi connectivity index (χ4n) is 1.48. The van der Waals surface area contributed by atoms with E-state index in [1.165, 1.54) is 0 Å². The zero-order chi connectivity index (χ0) is 9.80. The van der Waals surface area contributed by atoms with Crippen molar-refractivity contribution in [2.75, 3.05) is 33.5 Å². The van der Waals surface area contributed by atoms with Crippen molar-refractivity contribution in [1.82, 2.24) is 0 Å². The summed E-state index contributed by atoms with van der Waals surface area (Å²) >= 11 is 0. The van der Waals surface area contributed by atoms with Gasteiger partial charge in [0.2, 0.25) is 0 Å². The maximum absolute atomic E-state index is 5.48. The van der Waals surface area contributed by atoms with Gasteiger partial charge >= 0.3 is 0 Å². The molecule has 0 radical (unpaired) electrons. The Hall–Kier alpha value is -0.160. The zero-order valence-corrected chi connectivity index (χ0v) is 8.61. The smallest absolute Gasteiger partial charge is 0.110 e. The number of methoxy groups -OCH3 is 1. The van der Waals surface area contributed by atoms with Crippen molar-refractivity contribution >= 4 is 0 Å². The van der Waals surface area contributed by atoms with Gasteiger partial charge in [0, 0.05) is 13.7 Å². The molecule has 3 atom stereocenters. The molecule has 2 fully saturated rings. The molecule has 0 saturated carbocycles. The zero-order valence-electron chi connectivity index (χ0n) is 8.61. The summed E-state index contributed by atoms with van der Waals surface area (Å²) in [7, 11) is 1.69. The average Bonchev–Trinajstić information content (AvgIpc) is 3.02. The molecule has 0 aromatic rings. The van der Waals surface area contributed by atoms with Crippen LogP contribution in [-0.4, -0.2) is 51.8 Å². The van der Waals surface area contributed by atoms with Crippen molar-refractivity contribution in [1.29, 1.82) is 0 Å². The summed E-state index contributed by atoms with van der Waals surface area (Å²) in [6.07, 6.45) is 3.29. The Morgan fingerprint density at radius 3 is 2.79 bits per heavy atom. The summed E-state index contributed by atoms with van der Waals surface area (Å²) in [5.41, 5.74) is 0. The van der Waals surface area contributed by atoms with E-state index in [1.54, 1.807) is 7.11 Å². The van der Waals surface area contributed by atoms with Gasteiger partial charge in [-0.2, -0.15) is 0 Å². The summed E-state index contributed by atoms with van der Waals surface area (Å²) in [6.45, 7) is 3.16. The first-order chi connectivity index (χ1) is 6.90. The minimum absolute atomic E-state index is 0.270. The lowest BCUT2D eigenvalue weighted by atomic mass is 10.2. The summed E-state index contributed by atoms with van der Waals surface area (Å²) < 4.78 is 20.9. The Morgan fingerprint density at radius 1 is 1.29 bits per heavy atom. The molecule has 0 spiro atoms.